The van der Waals surface area contributed by atoms with Crippen LogP contribution in [0.3, 0.4) is 0 Å². The van der Waals surface area contributed by atoms with Crippen LogP contribution in [0.25, 0.3) is 0 Å². The second kappa shape index (κ2) is 8.53. The van der Waals surface area contributed by atoms with E-state index in [1.54, 1.807) is 7.11 Å². The van der Waals surface area contributed by atoms with Crippen LogP contribution in [0.15, 0.2) is 48.5 Å². The highest BCUT2D eigenvalue weighted by molar-refractivity contribution is 5.79. The standard InChI is InChI=1S/C21H27NO2/c1-15(2)12-17-8-10-19(11-9-17)16(3)22-21(23)14-18-6-5-7-20(13-18)24-4/h5-11,13,15-16H,12,14H2,1-4H3,(H,22,23). The van der Waals surface area contributed by atoms with Crippen LogP contribution in [0.2, 0.25) is 0 Å². The Hall–Kier alpha value is -2.29. The van der Waals surface area contributed by atoms with Gasteiger partial charge in [0.1, 0.15) is 5.75 Å². The molecule has 1 unspecified atom stereocenters. The minimum Gasteiger partial charge on any atom is -0.497 e. The lowest BCUT2D eigenvalue weighted by molar-refractivity contribution is -0.121. The third-order valence-corrected chi connectivity index (χ3v) is 4.00. The first kappa shape index (κ1) is 18.1. The van der Waals surface area contributed by atoms with Gasteiger partial charge >= 0.3 is 0 Å². The molecule has 0 aromatic heterocycles. The maximum atomic E-state index is 12.3. The van der Waals surface area contributed by atoms with Crippen molar-refractivity contribution in [3.8, 4) is 5.75 Å². The molecule has 0 aliphatic heterocycles. The number of nitrogens with one attached hydrogen (secondary N) is 1. The van der Waals surface area contributed by atoms with Gasteiger partial charge in [0.05, 0.1) is 19.6 Å². The number of methoxy groups -OCH3 is 1. The zero-order valence-corrected chi connectivity index (χ0v) is 15.0. The number of benzene rings is 2. The Morgan fingerprint density at radius 2 is 1.75 bits per heavy atom. The van der Waals surface area contributed by atoms with Gasteiger partial charge in [-0.25, -0.2) is 0 Å². The van der Waals surface area contributed by atoms with E-state index in [1.807, 2.05) is 31.2 Å². The Labute approximate surface area is 145 Å². The van der Waals surface area contributed by atoms with Crippen molar-refractivity contribution < 1.29 is 9.53 Å². The van der Waals surface area contributed by atoms with Gasteiger partial charge in [0.25, 0.3) is 0 Å². The largest absolute Gasteiger partial charge is 0.497 e. The van der Waals surface area contributed by atoms with Crippen LogP contribution in [0.1, 0.15) is 43.5 Å². The van der Waals surface area contributed by atoms with E-state index >= 15 is 0 Å². The van der Waals surface area contributed by atoms with E-state index in [2.05, 4.69) is 43.4 Å². The summed E-state index contributed by atoms with van der Waals surface area (Å²) >= 11 is 0. The van der Waals surface area contributed by atoms with Crippen molar-refractivity contribution >= 4 is 5.91 Å². The van der Waals surface area contributed by atoms with E-state index in [-0.39, 0.29) is 11.9 Å². The van der Waals surface area contributed by atoms with Crippen molar-refractivity contribution in [3.05, 3.63) is 65.2 Å². The Kier molecular flexibility index (Phi) is 6.42. The molecule has 1 N–H and O–H groups in total. The molecule has 0 fully saturated rings. The Balaban J connectivity index is 1.93. The number of hydrogen-bond donors (Lipinski definition) is 1. The summed E-state index contributed by atoms with van der Waals surface area (Å²) in [5, 5.41) is 3.06. The molecule has 0 spiro atoms. The third kappa shape index (κ3) is 5.41. The number of ether oxygens (including phenoxy) is 1. The van der Waals surface area contributed by atoms with E-state index in [4.69, 9.17) is 4.74 Å². The number of carbonyl (C=O) groups excluding carboxylic acids is 1. The molecule has 24 heavy (non-hydrogen) atoms. The maximum Gasteiger partial charge on any atom is 0.224 e. The topological polar surface area (TPSA) is 38.3 Å². The molecule has 2 aromatic rings. The van der Waals surface area contributed by atoms with Crippen LogP contribution in [0, 0.1) is 5.92 Å². The highest BCUT2D eigenvalue weighted by Gasteiger charge is 2.11. The molecule has 0 saturated carbocycles. The summed E-state index contributed by atoms with van der Waals surface area (Å²) in [7, 11) is 1.63. The van der Waals surface area contributed by atoms with Gasteiger partial charge in [0.15, 0.2) is 0 Å². The predicted molar refractivity (Wildman–Crippen MR) is 98.2 cm³/mol. The first-order valence-corrected chi connectivity index (χ1v) is 8.49. The summed E-state index contributed by atoms with van der Waals surface area (Å²) in [6, 6.07) is 16.1. The van der Waals surface area contributed by atoms with Gasteiger partial charge in [0, 0.05) is 0 Å². The lowest BCUT2D eigenvalue weighted by atomic mass is 10.00. The van der Waals surface area contributed by atoms with Crippen molar-refractivity contribution in [2.24, 2.45) is 5.92 Å². The molecule has 2 rings (SSSR count). The van der Waals surface area contributed by atoms with Crippen molar-refractivity contribution in [1.29, 1.82) is 0 Å². The number of rotatable bonds is 7. The second-order valence-corrected chi connectivity index (χ2v) is 6.66. The van der Waals surface area contributed by atoms with E-state index in [9.17, 15) is 4.79 Å². The molecule has 1 atom stereocenters. The van der Waals surface area contributed by atoms with Gasteiger partial charge in [-0.05, 0) is 48.1 Å². The number of hydrogen-bond acceptors (Lipinski definition) is 2. The Morgan fingerprint density at radius 3 is 2.38 bits per heavy atom. The van der Waals surface area contributed by atoms with Gasteiger partial charge in [0.2, 0.25) is 5.91 Å². The van der Waals surface area contributed by atoms with Gasteiger partial charge < -0.3 is 10.1 Å². The summed E-state index contributed by atoms with van der Waals surface area (Å²) in [4.78, 5) is 12.3. The number of carbonyl (C=O) groups is 1. The molecule has 0 heterocycles. The molecule has 0 bridgehead atoms. The smallest absolute Gasteiger partial charge is 0.224 e. The molecule has 0 radical (unpaired) electrons. The molecule has 3 nitrogen and oxygen atoms in total. The Bertz CT molecular complexity index is 662. The molecule has 128 valence electrons. The molecule has 3 heteroatoms. The summed E-state index contributed by atoms with van der Waals surface area (Å²) in [5.74, 6) is 1.44. The van der Waals surface area contributed by atoms with Gasteiger partial charge in [-0.15, -0.1) is 0 Å². The quantitative estimate of drug-likeness (QED) is 0.823. The number of amides is 1. The fraction of sp³-hybridized carbons (Fsp3) is 0.381. The molecule has 0 aliphatic rings. The zero-order valence-electron chi connectivity index (χ0n) is 15.0. The molecular weight excluding hydrogens is 298 g/mol. The van der Waals surface area contributed by atoms with Crippen LogP contribution in [-0.2, 0) is 17.6 Å². The molecule has 0 saturated heterocycles. The van der Waals surface area contributed by atoms with Crippen LogP contribution in [0.5, 0.6) is 5.75 Å². The average molecular weight is 325 g/mol. The van der Waals surface area contributed by atoms with Gasteiger partial charge in [-0.3, -0.25) is 4.79 Å². The summed E-state index contributed by atoms with van der Waals surface area (Å²) in [5.41, 5.74) is 3.41. The molecular formula is C21H27NO2. The summed E-state index contributed by atoms with van der Waals surface area (Å²) in [6.07, 6.45) is 1.43. The lowest BCUT2D eigenvalue weighted by Crippen LogP contribution is -2.28. The van der Waals surface area contributed by atoms with E-state index in [1.165, 1.54) is 5.56 Å². The van der Waals surface area contributed by atoms with Crippen LogP contribution in [-0.4, -0.2) is 13.0 Å². The minimum absolute atomic E-state index is 0.00351. The van der Waals surface area contributed by atoms with E-state index in [0.29, 0.717) is 12.3 Å². The normalized spacial score (nSPS) is 12.0. The highest BCUT2D eigenvalue weighted by Crippen LogP contribution is 2.17. The minimum atomic E-state index is -0.00351. The second-order valence-electron chi connectivity index (χ2n) is 6.66. The van der Waals surface area contributed by atoms with Gasteiger partial charge in [-0.1, -0.05) is 50.2 Å². The average Bonchev–Trinajstić information content (AvgIpc) is 2.55. The van der Waals surface area contributed by atoms with Gasteiger partial charge in [-0.2, -0.15) is 0 Å². The Morgan fingerprint density at radius 1 is 1.04 bits per heavy atom. The van der Waals surface area contributed by atoms with Crippen molar-refractivity contribution in [1.82, 2.24) is 5.32 Å². The van der Waals surface area contributed by atoms with Crippen molar-refractivity contribution in [3.63, 3.8) is 0 Å². The molecule has 0 aliphatic carbocycles. The third-order valence-electron chi connectivity index (χ3n) is 4.00. The maximum absolute atomic E-state index is 12.3. The fourth-order valence-electron chi connectivity index (χ4n) is 2.76. The van der Waals surface area contributed by atoms with Crippen LogP contribution in [0.4, 0.5) is 0 Å². The summed E-state index contributed by atoms with van der Waals surface area (Å²) in [6.45, 7) is 6.45. The predicted octanol–water partition coefficient (Wildman–Crippen LogP) is 4.31. The van der Waals surface area contributed by atoms with Crippen molar-refractivity contribution in [2.75, 3.05) is 7.11 Å². The van der Waals surface area contributed by atoms with E-state index in [0.717, 1.165) is 23.3 Å². The fourth-order valence-corrected chi connectivity index (χ4v) is 2.76. The highest BCUT2D eigenvalue weighted by atomic mass is 16.5. The molecule has 2 aromatic carbocycles. The van der Waals surface area contributed by atoms with E-state index < -0.39 is 0 Å². The monoisotopic (exact) mass is 325 g/mol. The first-order chi connectivity index (χ1) is 11.5. The SMILES string of the molecule is COc1cccc(CC(=O)NC(C)c2ccc(CC(C)C)cc2)c1. The van der Waals surface area contributed by atoms with Crippen molar-refractivity contribution in [2.45, 2.75) is 39.7 Å². The zero-order chi connectivity index (χ0) is 17.5. The van der Waals surface area contributed by atoms with Crippen LogP contribution >= 0.6 is 0 Å². The summed E-state index contributed by atoms with van der Waals surface area (Å²) < 4.78 is 5.19. The first-order valence-electron chi connectivity index (χ1n) is 8.49. The lowest BCUT2D eigenvalue weighted by Gasteiger charge is -2.15. The van der Waals surface area contributed by atoms with Crippen LogP contribution < -0.4 is 10.1 Å². The molecule has 1 amide bonds.